The molecule has 0 saturated carbocycles. The van der Waals surface area contributed by atoms with Crippen molar-refractivity contribution in [3.05, 3.63) is 23.8 Å². The highest BCUT2D eigenvalue weighted by Gasteiger charge is 2.32. The van der Waals surface area contributed by atoms with Gasteiger partial charge in [-0.15, -0.1) is 0 Å². The largest absolute Gasteiger partial charge is 0.490 e. The first kappa shape index (κ1) is 14.1. The molecule has 6 heteroatoms. The Morgan fingerprint density at radius 3 is 2.84 bits per heavy atom. The molecule has 1 aliphatic rings. The monoisotopic (exact) mass is 285 g/mol. The van der Waals surface area contributed by atoms with Crippen molar-refractivity contribution in [3.63, 3.8) is 0 Å². The Morgan fingerprint density at radius 2 is 2.16 bits per heavy atom. The van der Waals surface area contributed by atoms with Crippen LogP contribution in [0.5, 0.6) is 11.5 Å². The molecular weight excluding hydrogens is 266 g/mol. The fourth-order valence-corrected chi connectivity index (χ4v) is 2.66. The second kappa shape index (κ2) is 5.02. The van der Waals surface area contributed by atoms with Crippen molar-refractivity contribution in [3.8, 4) is 11.5 Å². The van der Waals surface area contributed by atoms with Crippen LogP contribution in [-0.4, -0.2) is 26.4 Å². The van der Waals surface area contributed by atoms with E-state index in [1.807, 2.05) is 32.0 Å². The zero-order valence-electron chi connectivity index (χ0n) is 11.2. The van der Waals surface area contributed by atoms with Gasteiger partial charge in [0, 0.05) is 12.0 Å². The summed E-state index contributed by atoms with van der Waals surface area (Å²) in [5, 5.41) is 4.93. The zero-order chi connectivity index (χ0) is 14.1. The van der Waals surface area contributed by atoms with Gasteiger partial charge in [-0.25, -0.2) is 13.6 Å². The van der Waals surface area contributed by atoms with E-state index >= 15 is 0 Å². The number of ether oxygens (including phenoxy) is 2. The van der Waals surface area contributed by atoms with E-state index in [9.17, 15) is 8.42 Å². The molecule has 2 N–H and O–H groups in total. The first-order chi connectivity index (χ1) is 8.77. The predicted octanol–water partition coefficient (Wildman–Crippen LogP) is 1.46. The van der Waals surface area contributed by atoms with Gasteiger partial charge in [0.05, 0.1) is 12.4 Å². The van der Waals surface area contributed by atoms with Crippen LogP contribution in [0.4, 0.5) is 0 Å². The van der Waals surface area contributed by atoms with Crippen LogP contribution in [0.1, 0.15) is 25.8 Å². The van der Waals surface area contributed by atoms with E-state index in [1.54, 1.807) is 0 Å². The molecule has 0 aromatic heterocycles. The quantitative estimate of drug-likeness (QED) is 0.831. The molecular formula is C13H19NO4S. The standard InChI is InChI=1S/C13H19NO4S/c1-13(2)9-10-5-3-6-11(12(10)18-13)17-7-4-8-19(14,15)16/h3,5-6H,4,7-9H2,1-2H3,(H2,14,15,16). The lowest BCUT2D eigenvalue weighted by Gasteiger charge is -2.18. The van der Waals surface area contributed by atoms with Crippen molar-refractivity contribution < 1.29 is 17.9 Å². The zero-order valence-corrected chi connectivity index (χ0v) is 12.0. The van der Waals surface area contributed by atoms with E-state index in [0.717, 1.165) is 17.7 Å². The van der Waals surface area contributed by atoms with E-state index in [-0.39, 0.29) is 11.4 Å². The average Bonchev–Trinajstić information content (AvgIpc) is 2.57. The average molecular weight is 285 g/mol. The fourth-order valence-electron chi connectivity index (χ4n) is 2.14. The Bertz CT molecular complexity index is 566. The van der Waals surface area contributed by atoms with Gasteiger partial charge in [-0.05, 0) is 26.3 Å². The molecule has 1 aromatic rings. The first-order valence-electron chi connectivity index (χ1n) is 6.21. The summed E-state index contributed by atoms with van der Waals surface area (Å²) in [4.78, 5) is 0. The summed E-state index contributed by atoms with van der Waals surface area (Å²) in [5.74, 6) is 1.36. The summed E-state index contributed by atoms with van der Waals surface area (Å²) in [7, 11) is -3.42. The van der Waals surface area contributed by atoms with Crippen LogP contribution in [-0.2, 0) is 16.4 Å². The lowest BCUT2D eigenvalue weighted by Crippen LogP contribution is -2.24. The molecule has 0 radical (unpaired) electrons. The lowest BCUT2D eigenvalue weighted by atomic mass is 10.0. The summed E-state index contributed by atoms with van der Waals surface area (Å²) in [5.41, 5.74) is 0.900. The second-order valence-electron chi connectivity index (χ2n) is 5.35. The maximum absolute atomic E-state index is 10.8. The molecule has 1 aliphatic heterocycles. The topological polar surface area (TPSA) is 78.6 Å². The Morgan fingerprint density at radius 1 is 1.42 bits per heavy atom. The van der Waals surface area contributed by atoms with E-state index in [2.05, 4.69) is 0 Å². The van der Waals surface area contributed by atoms with E-state index in [1.165, 1.54) is 0 Å². The lowest BCUT2D eigenvalue weighted by molar-refractivity contribution is 0.132. The SMILES string of the molecule is CC1(C)Cc2cccc(OCCCS(N)(=O)=O)c2O1. The number of hydrogen-bond acceptors (Lipinski definition) is 4. The second-order valence-corrected chi connectivity index (χ2v) is 7.09. The highest BCUT2D eigenvalue weighted by atomic mass is 32.2. The highest BCUT2D eigenvalue weighted by Crippen LogP contribution is 2.41. The predicted molar refractivity (Wildman–Crippen MR) is 72.9 cm³/mol. The van der Waals surface area contributed by atoms with E-state index in [4.69, 9.17) is 14.6 Å². The minimum Gasteiger partial charge on any atom is -0.490 e. The van der Waals surface area contributed by atoms with Gasteiger partial charge >= 0.3 is 0 Å². The van der Waals surface area contributed by atoms with Crippen molar-refractivity contribution in [2.75, 3.05) is 12.4 Å². The third-order valence-electron chi connectivity index (χ3n) is 2.89. The van der Waals surface area contributed by atoms with Crippen LogP contribution in [0.25, 0.3) is 0 Å². The molecule has 1 heterocycles. The van der Waals surface area contributed by atoms with Gasteiger partial charge in [-0.1, -0.05) is 12.1 Å². The van der Waals surface area contributed by atoms with Gasteiger partial charge in [0.2, 0.25) is 10.0 Å². The Labute approximate surface area is 113 Å². The van der Waals surface area contributed by atoms with Crippen LogP contribution in [0, 0.1) is 0 Å². The summed E-state index contributed by atoms with van der Waals surface area (Å²) < 4.78 is 33.1. The van der Waals surface area contributed by atoms with Crippen molar-refractivity contribution in [2.45, 2.75) is 32.3 Å². The van der Waals surface area contributed by atoms with Crippen molar-refractivity contribution in [1.82, 2.24) is 0 Å². The number of sulfonamides is 1. The van der Waals surface area contributed by atoms with Crippen molar-refractivity contribution in [1.29, 1.82) is 0 Å². The Balaban J connectivity index is 1.98. The molecule has 0 fully saturated rings. The number of primary sulfonamides is 1. The Hall–Kier alpha value is -1.27. The number of para-hydroxylation sites is 1. The normalized spacial score (nSPS) is 16.8. The molecule has 0 bridgehead atoms. The molecule has 0 atom stereocenters. The van der Waals surface area contributed by atoms with Crippen LogP contribution >= 0.6 is 0 Å². The number of benzene rings is 1. The maximum atomic E-state index is 10.8. The van der Waals surface area contributed by atoms with Crippen molar-refractivity contribution in [2.24, 2.45) is 5.14 Å². The molecule has 2 rings (SSSR count). The van der Waals surface area contributed by atoms with Crippen molar-refractivity contribution >= 4 is 10.0 Å². The Kier molecular flexibility index (Phi) is 3.73. The number of fused-ring (bicyclic) bond motifs is 1. The first-order valence-corrected chi connectivity index (χ1v) is 7.93. The molecule has 0 aliphatic carbocycles. The molecule has 0 saturated heterocycles. The van der Waals surface area contributed by atoms with Crippen LogP contribution < -0.4 is 14.6 Å². The van der Waals surface area contributed by atoms with Gasteiger partial charge < -0.3 is 9.47 Å². The van der Waals surface area contributed by atoms with Gasteiger partial charge in [0.15, 0.2) is 11.5 Å². The van der Waals surface area contributed by atoms with E-state index in [0.29, 0.717) is 18.8 Å². The third kappa shape index (κ3) is 3.84. The van der Waals surface area contributed by atoms with Crippen LogP contribution in [0.3, 0.4) is 0 Å². The van der Waals surface area contributed by atoms with Crippen LogP contribution in [0.15, 0.2) is 18.2 Å². The van der Waals surface area contributed by atoms with Crippen LogP contribution in [0.2, 0.25) is 0 Å². The van der Waals surface area contributed by atoms with Gasteiger partial charge in [0.1, 0.15) is 5.60 Å². The summed E-state index contributed by atoms with van der Waals surface area (Å²) in [6.45, 7) is 4.35. The number of rotatable bonds is 5. The number of hydrogen-bond donors (Lipinski definition) is 1. The van der Waals surface area contributed by atoms with Gasteiger partial charge in [-0.3, -0.25) is 0 Å². The number of nitrogens with two attached hydrogens (primary N) is 1. The van der Waals surface area contributed by atoms with Gasteiger partial charge in [0.25, 0.3) is 0 Å². The molecule has 5 nitrogen and oxygen atoms in total. The smallest absolute Gasteiger partial charge is 0.209 e. The third-order valence-corrected chi connectivity index (χ3v) is 3.74. The maximum Gasteiger partial charge on any atom is 0.209 e. The molecule has 1 aromatic carbocycles. The summed E-state index contributed by atoms with van der Waals surface area (Å²) in [6, 6.07) is 5.76. The minimum absolute atomic E-state index is 0.0750. The molecule has 0 spiro atoms. The summed E-state index contributed by atoms with van der Waals surface area (Å²) in [6.07, 6.45) is 1.21. The molecule has 0 amide bonds. The van der Waals surface area contributed by atoms with E-state index < -0.39 is 10.0 Å². The fraction of sp³-hybridized carbons (Fsp3) is 0.538. The molecule has 0 unspecified atom stereocenters. The minimum atomic E-state index is -3.42. The highest BCUT2D eigenvalue weighted by molar-refractivity contribution is 7.89. The molecule has 106 valence electrons. The van der Waals surface area contributed by atoms with Gasteiger partial charge in [-0.2, -0.15) is 0 Å². The molecule has 19 heavy (non-hydrogen) atoms. The summed E-state index contributed by atoms with van der Waals surface area (Å²) >= 11 is 0.